The Morgan fingerprint density at radius 1 is 0.583 bits per heavy atom. The summed E-state index contributed by atoms with van der Waals surface area (Å²) >= 11 is 1.78. The van der Waals surface area contributed by atoms with Gasteiger partial charge in [-0.2, -0.15) is 0 Å². The van der Waals surface area contributed by atoms with Gasteiger partial charge >= 0.3 is 0 Å². The number of hydrogen-bond donors (Lipinski definition) is 1. The van der Waals surface area contributed by atoms with Crippen molar-refractivity contribution in [3.63, 3.8) is 0 Å². The number of rotatable bonds is 4. The molecule has 0 amide bonds. The average Bonchev–Trinajstić information content (AvgIpc) is 3.74. The zero-order valence-electron chi connectivity index (χ0n) is 25.6. The van der Waals surface area contributed by atoms with Crippen LogP contribution in [0.15, 0.2) is 138 Å². The number of thiophene rings is 1. The van der Waals surface area contributed by atoms with E-state index in [1.807, 2.05) is 30.3 Å². The smallest absolute Gasteiger partial charge is 0.201 e. The summed E-state index contributed by atoms with van der Waals surface area (Å²) in [4.78, 5) is 15.5. The molecule has 48 heavy (non-hydrogen) atoms. The van der Waals surface area contributed by atoms with E-state index in [2.05, 4.69) is 115 Å². The van der Waals surface area contributed by atoms with Gasteiger partial charge in [0, 0.05) is 59.9 Å². The Hall–Kier alpha value is -6.11. The van der Waals surface area contributed by atoms with E-state index < -0.39 is 0 Å². The van der Waals surface area contributed by atoms with Gasteiger partial charge in [0.1, 0.15) is 5.58 Å². The number of anilines is 1. The molecule has 0 unspecified atom stereocenters. The first kappa shape index (κ1) is 27.0. The number of furan rings is 1. The molecule has 0 saturated heterocycles. The molecule has 0 fully saturated rings. The minimum atomic E-state index is 0.606. The monoisotopic (exact) mass is 634 g/mol. The molecule has 1 aliphatic rings. The molecule has 9 aromatic rings. The van der Waals surface area contributed by atoms with Crippen LogP contribution in [0.2, 0.25) is 0 Å². The first-order valence-corrected chi connectivity index (χ1v) is 16.8. The molecule has 1 N–H and O–H groups in total. The molecule has 6 aromatic carbocycles. The highest BCUT2D eigenvalue weighted by Gasteiger charge is 2.24. The Kier molecular flexibility index (Phi) is 6.04. The Bertz CT molecular complexity index is 2740. The molecule has 226 valence electrons. The van der Waals surface area contributed by atoms with Crippen molar-refractivity contribution < 1.29 is 4.42 Å². The lowest BCUT2D eigenvalue weighted by Gasteiger charge is -2.12. The Labute approximate surface area is 279 Å². The van der Waals surface area contributed by atoms with E-state index in [0.29, 0.717) is 24.0 Å². The van der Waals surface area contributed by atoms with Gasteiger partial charge in [0.05, 0.1) is 0 Å². The van der Waals surface area contributed by atoms with E-state index in [4.69, 9.17) is 19.4 Å². The van der Waals surface area contributed by atoms with Gasteiger partial charge in [0.15, 0.2) is 17.5 Å². The fourth-order valence-corrected chi connectivity index (χ4v) is 8.08. The average molecular weight is 635 g/mol. The molecule has 0 radical (unpaired) electrons. The molecule has 0 saturated carbocycles. The van der Waals surface area contributed by atoms with Crippen LogP contribution in [0.3, 0.4) is 0 Å². The van der Waals surface area contributed by atoms with E-state index in [1.165, 1.54) is 30.9 Å². The van der Waals surface area contributed by atoms with Crippen LogP contribution in [0.25, 0.3) is 93.3 Å². The number of aromatic nitrogens is 3. The molecule has 3 aromatic heterocycles. The van der Waals surface area contributed by atoms with Crippen molar-refractivity contribution in [2.24, 2.45) is 0 Å². The van der Waals surface area contributed by atoms with E-state index >= 15 is 0 Å². The Morgan fingerprint density at radius 3 is 2.25 bits per heavy atom. The maximum Gasteiger partial charge on any atom is 0.201 e. The zero-order chi connectivity index (χ0) is 31.6. The molecule has 10 rings (SSSR count). The van der Waals surface area contributed by atoms with Crippen molar-refractivity contribution in [3.05, 3.63) is 139 Å². The van der Waals surface area contributed by atoms with Gasteiger partial charge in [-0.25, -0.2) is 15.0 Å². The van der Waals surface area contributed by atoms with Gasteiger partial charge < -0.3 is 9.73 Å². The molecular formula is C42H26N4OS. The highest BCUT2D eigenvalue weighted by Crippen LogP contribution is 2.45. The van der Waals surface area contributed by atoms with Gasteiger partial charge in [-0.1, -0.05) is 109 Å². The van der Waals surface area contributed by atoms with Crippen molar-refractivity contribution in [3.8, 4) is 45.3 Å². The maximum atomic E-state index is 6.64. The second-order valence-electron chi connectivity index (χ2n) is 12.0. The fraction of sp³-hybridized carbons (Fsp3) is 0.0238. The number of nitrogens with one attached hydrogen (secondary N) is 1. The Morgan fingerprint density at radius 2 is 1.33 bits per heavy atom. The number of benzene rings is 6. The van der Waals surface area contributed by atoms with E-state index in [-0.39, 0.29) is 0 Å². The van der Waals surface area contributed by atoms with Crippen LogP contribution in [-0.4, -0.2) is 21.5 Å². The van der Waals surface area contributed by atoms with E-state index in [1.54, 1.807) is 11.3 Å². The van der Waals surface area contributed by atoms with Crippen molar-refractivity contribution in [1.82, 2.24) is 15.0 Å². The van der Waals surface area contributed by atoms with Crippen LogP contribution in [0.5, 0.6) is 0 Å². The molecular weight excluding hydrogens is 609 g/mol. The lowest BCUT2D eigenvalue weighted by molar-refractivity contribution is 0.629. The molecule has 5 nitrogen and oxygen atoms in total. The third-order valence-electron chi connectivity index (χ3n) is 9.15. The van der Waals surface area contributed by atoms with Gasteiger partial charge in [-0.05, 0) is 46.7 Å². The number of hydrogen-bond acceptors (Lipinski definition) is 6. The minimum absolute atomic E-state index is 0.606. The first-order valence-electron chi connectivity index (χ1n) is 16.0. The van der Waals surface area contributed by atoms with Crippen molar-refractivity contribution in [2.75, 3.05) is 11.9 Å². The lowest BCUT2D eigenvalue weighted by atomic mass is 9.95. The molecule has 0 atom stereocenters. The van der Waals surface area contributed by atoms with Crippen LogP contribution in [0.4, 0.5) is 5.88 Å². The molecule has 0 aliphatic carbocycles. The number of nitrogens with zero attached hydrogens (tertiary/aromatic N) is 3. The largest absolute Gasteiger partial charge is 0.439 e. The molecule has 4 heterocycles. The summed E-state index contributed by atoms with van der Waals surface area (Å²) in [7, 11) is 0. The first-order chi connectivity index (χ1) is 23.8. The predicted octanol–water partition coefficient (Wildman–Crippen LogP) is 11.2. The highest BCUT2D eigenvalue weighted by molar-refractivity contribution is 7.26. The van der Waals surface area contributed by atoms with Crippen LogP contribution >= 0.6 is 11.3 Å². The molecule has 1 aliphatic heterocycles. The van der Waals surface area contributed by atoms with Crippen LogP contribution < -0.4 is 5.32 Å². The summed E-state index contributed by atoms with van der Waals surface area (Å²) in [5, 5.41) is 9.27. The van der Waals surface area contributed by atoms with Crippen LogP contribution in [0.1, 0.15) is 5.56 Å². The van der Waals surface area contributed by atoms with Crippen molar-refractivity contribution >= 4 is 65.2 Å². The third kappa shape index (κ3) is 4.27. The van der Waals surface area contributed by atoms with E-state index in [0.717, 1.165) is 50.2 Å². The summed E-state index contributed by atoms with van der Waals surface area (Å²) in [5.74, 6) is 2.64. The van der Waals surface area contributed by atoms with Crippen molar-refractivity contribution in [1.29, 1.82) is 0 Å². The lowest BCUT2D eigenvalue weighted by Crippen LogP contribution is -2.02. The zero-order valence-corrected chi connectivity index (χ0v) is 26.5. The van der Waals surface area contributed by atoms with Gasteiger partial charge in [0.25, 0.3) is 0 Å². The second-order valence-corrected chi connectivity index (χ2v) is 13.1. The van der Waals surface area contributed by atoms with E-state index in [9.17, 15) is 0 Å². The summed E-state index contributed by atoms with van der Waals surface area (Å²) in [6.07, 6.45) is 4.27. The molecule has 6 heteroatoms. The fourth-order valence-electron chi connectivity index (χ4n) is 6.87. The second kappa shape index (κ2) is 10.7. The van der Waals surface area contributed by atoms with Crippen molar-refractivity contribution in [2.45, 2.75) is 0 Å². The van der Waals surface area contributed by atoms with Crippen LogP contribution in [0, 0.1) is 0 Å². The van der Waals surface area contributed by atoms with Gasteiger partial charge in [-0.3, -0.25) is 0 Å². The topological polar surface area (TPSA) is 63.8 Å². The SMILES string of the molecule is C1=Cc2c(oc3c(-c4ccc5ccccc5c4)ccc(-c4nc(-c5ccccc5)nc(-c5cccc6c5sc5ccccc56)n4)c23)NC1. The highest BCUT2D eigenvalue weighted by atomic mass is 32.1. The summed E-state index contributed by atoms with van der Waals surface area (Å²) in [6, 6.07) is 44.4. The molecule has 0 spiro atoms. The maximum absolute atomic E-state index is 6.64. The summed E-state index contributed by atoms with van der Waals surface area (Å²) in [5.41, 5.74) is 6.76. The quantitative estimate of drug-likeness (QED) is 0.209. The van der Waals surface area contributed by atoms with Gasteiger partial charge in [0.2, 0.25) is 5.88 Å². The summed E-state index contributed by atoms with van der Waals surface area (Å²) < 4.78 is 9.05. The third-order valence-corrected chi connectivity index (χ3v) is 10.4. The molecule has 0 bridgehead atoms. The van der Waals surface area contributed by atoms with Gasteiger partial charge in [-0.15, -0.1) is 11.3 Å². The minimum Gasteiger partial charge on any atom is -0.439 e. The normalized spacial score (nSPS) is 12.6. The summed E-state index contributed by atoms with van der Waals surface area (Å²) in [6.45, 7) is 0.709. The standard InChI is InChI=1S/C42H26N4OS/c1-2-11-26(12-3-1)39-44-40(46-41(45-39)34-16-8-15-31-30-14-6-7-18-35(30)48-38(31)34)32-22-21-29(28-20-19-25-10-4-5-13-27(25)24-28)37-36(32)33-17-9-23-43-42(33)47-37/h1-22,24,43H,23H2. The van der Waals surface area contributed by atoms with Crippen LogP contribution in [-0.2, 0) is 0 Å². The Balaban J connectivity index is 1.24. The predicted molar refractivity (Wildman–Crippen MR) is 199 cm³/mol. The number of fused-ring (bicyclic) bond motifs is 7.